The molecule has 0 atom stereocenters. The molecule has 26 heavy (non-hydrogen) atoms. The molecule has 1 fully saturated rings. The fraction of sp³-hybridized carbons (Fsp3) is 0.300. The van der Waals surface area contributed by atoms with Crippen LogP contribution in [0.1, 0.15) is 16.1 Å². The van der Waals surface area contributed by atoms with Crippen LogP contribution in [0.15, 0.2) is 48.8 Å². The number of likely N-dealkylation sites (N-methyl/N-ethyl adjacent to an activating group) is 1. The standard InChI is InChI=1S/C20H23N5O/c1-15-3-5-17(13-21-15)22-20(26)16-4-6-18-7-8-19(25(18)14-16)24-11-9-23(2)10-12-24/h3-8,13-14H,9-12H2,1-2H3,(H,22,26). The van der Waals surface area contributed by atoms with E-state index in [0.29, 0.717) is 11.3 Å². The van der Waals surface area contributed by atoms with Crippen molar-refractivity contribution in [2.75, 3.05) is 43.4 Å². The third kappa shape index (κ3) is 3.28. The molecule has 6 nitrogen and oxygen atoms in total. The first-order valence-electron chi connectivity index (χ1n) is 8.89. The summed E-state index contributed by atoms with van der Waals surface area (Å²) in [5.41, 5.74) is 3.35. The van der Waals surface area contributed by atoms with E-state index in [1.807, 2.05) is 37.4 Å². The first kappa shape index (κ1) is 16.6. The second-order valence-corrected chi connectivity index (χ2v) is 6.84. The summed E-state index contributed by atoms with van der Waals surface area (Å²) in [7, 11) is 2.15. The van der Waals surface area contributed by atoms with Gasteiger partial charge >= 0.3 is 0 Å². The predicted molar refractivity (Wildman–Crippen MR) is 104 cm³/mol. The summed E-state index contributed by atoms with van der Waals surface area (Å²) in [6, 6.07) is 11.8. The molecule has 0 aromatic carbocycles. The zero-order chi connectivity index (χ0) is 18.1. The number of aryl methyl sites for hydroxylation is 1. The Morgan fingerprint density at radius 2 is 1.81 bits per heavy atom. The molecule has 134 valence electrons. The van der Waals surface area contributed by atoms with E-state index in [2.05, 4.69) is 43.7 Å². The van der Waals surface area contributed by atoms with Gasteiger partial charge in [-0.05, 0) is 50.4 Å². The molecule has 1 aliphatic heterocycles. The molecule has 0 bridgehead atoms. The molecular weight excluding hydrogens is 326 g/mol. The first-order valence-corrected chi connectivity index (χ1v) is 8.89. The summed E-state index contributed by atoms with van der Waals surface area (Å²) >= 11 is 0. The Balaban J connectivity index is 1.59. The second-order valence-electron chi connectivity index (χ2n) is 6.84. The first-order chi connectivity index (χ1) is 12.6. The van der Waals surface area contributed by atoms with Gasteiger partial charge in [0.2, 0.25) is 0 Å². The van der Waals surface area contributed by atoms with Crippen molar-refractivity contribution < 1.29 is 4.79 Å². The van der Waals surface area contributed by atoms with Crippen LogP contribution in [-0.2, 0) is 0 Å². The van der Waals surface area contributed by atoms with Crippen LogP contribution in [-0.4, -0.2) is 53.4 Å². The Bertz CT molecular complexity index is 923. The molecule has 0 saturated carbocycles. The average molecular weight is 349 g/mol. The number of piperazine rings is 1. The van der Waals surface area contributed by atoms with Crippen LogP contribution in [0, 0.1) is 6.92 Å². The van der Waals surface area contributed by atoms with Crippen LogP contribution in [0.4, 0.5) is 11.5 Å². The molecule has 3 aromatic rings. The molecule has 0 aliphatic carbocycles. The molecule has 4 heterocycles. The number of nitrogens with zero attached hydrogens (tertiary/aromatic N) is 4. The lowest BCUT2D eigenvalue weighted by Gasteiger charge is -2.33. The van der Waals surface area contributed by atoms with Gasteiger partial charge in [-0.2, -0.15) is 0 Å². The third-order valence-corrected chi connectivity index (χ3v) is 4.89. The Labute approximate surface area is 153 Å². The Kier molecular flexibility index (Phi) is 4.34. The van der Waals surface area contributed by atoms with Crippen LogP contribution in [0.5, 0.6) is 0 Å². The summed E-state index contributed by atoms with van der Waals surface area (Å²) in [5, 5.41) is 2.91. The minimum absolute atomic E-state index is 0.129. The molecule has 1 amide bonds. The minimum Gasteiger partial charge on any atom is -0.355 e. The van der Waals surface area contributed by atoms with Crippen molar-refractivity contribution in [3.63, 3.8) is 0 Å². The Morgan fingerprint density at radius 1 is 1.04 bits per heavy atom. The van der Waals surface area contributed by atoms with Gasteiger partial charge in [0.1, 0.15) is 5.82 Å². The van der Waals surface area contributed by atoms with Gasteiger partial charge in [-0.1, -0.05) is 0 Å². The zero-order valence-corrected chi connectivity index (χ0v) is 15.1. The summed E-state index contributed by atoms with van der Waals surface area (Å²) in [5.74, 6) is 1.01. The topological polar surface area (TPSA) is 52.9 Å². The van der Waals surface area contributed by atoms with Crippen LogP contribution in [0.3, 0.4) is 0 Å². The van der Waals surface area contributed by atoms with Gasteiger partial charge in [0.05, 0.1) is 17.4 Å². The normalized spacial score (nSPS) is 15.4. The second kappa shape index (κ2) is 6.80. The summed E-state index contributed by atoms with van der Waals surface area (Å²) in [6.07, 6.45) is 3.59. The number of pyridine rings is 2. The Morgan fingerprint density at radius 3 is 2.54 bits per heavy atom. The maximum atomic E-state index is 12.6. The van der Waals surface area contributed by atoms with Gasteiger partial charge in [-0.25, -0.2) is 0 Å². The predicted octanol–water partition coefficient (Wildman–Crippen LogP) is 2.65. The molecule has 1 saturated heterocycles. The fourth-order valence-electron chi connectivity index (χ4n) is 3.26. The van der Waals surface area contributed by atoms with Crippen molar-refractivity contribution >= 4 is 22.9 Å². The van der Waals surface area contributed by atoms with Gasteiger partial charge in [0.15, 0.2) is 0 Å². The highest BCUT2D eigenvalue weighted by atomic mass is 16.1. The van der Waals surface area contributed by atoms with Crippen LogP contribution in [0.2, 0.25) is 0 Å². The van der Waals surface area contributed by atoms with Gasteiger partial charge in [-0.15, -0.1) is 0 Å². The molecule has 1 aliphatic rings. The van der Waals surface area contributed by atoms with E-state index in [4.69, 9.17) is 0 Å². The lowest BCUT2D eigenvalue weighted by atomic mass is 10.2. The maximum Gasteiger partial charge on any atom is 0.257 e. The SMILES string of the molecule is Cc1ccc(NC(=O)c2ccc3ccc(N4CCN(C)CC4)n3c2)cn1. The summed E-state index contributed by atoms with van der Waals surface area (Å²) in [4.78, 5) is 21.5. The lowest BCUT2D eigenvalue weighted by molar-refractivity contribution is 0.102. The van der Waals surface area contributed by atoms with Crippen molar-refractivity contribution in [2.24, 2.45) is 0 Å². The highest BCUT2D eigenvalue weighted by molar-refractivity contribution is 6.04. The van der Waals surface area contributed by atoms with Gasteiger partial charge in [0.25, 0.3) is 5.91 Å². The van der Waals surface area contributed by atoms with Crippen molar-refractivity contribution in [2.45, 2.75) is 6.92 Å². The van der Waals surface area contributed by atoms with E-state index in [-0.39, 0.29) is 5.91 Å². The number of carbonyl (C=O) groups is 1. The van der Waals surface area contributed by atoms with Gasteiger partial charge in [0, 0.05) is 43.6 Å². The van der Waals surface area contributed by atoms with E-state index in [1.165, 1.54) is 0 Å². The molecule has 0 unspecified atom stereocenters. The highest BCUT2D eigenvalue weighted by Crippen LogP contribution is 2.22. The number of carbonyl (C=O) groups excluding carboxylic acids is 1. The largest absolute Gasteiger partial charge is 0.355 e. The van der Waals surface area contributed by atoms with E-state index >= 15 is 0 Å². The molecule has 1 N–H and O–H groups in total. The molecule has 6 heteroatoms. The van der Waals surface area contributed by atoms with Gasteiger partial charge in [-0.3, -0.25) is 9.78 Å². The molecular formula is C20H23N5O. The van der Waals surface area contributed by atoms with Crippen molar-refractivity contribution in [3.05, 3.63) is 60.0 Å². The van der Waals surface area contributed by atoms with E-state index in [9.17, 15) is 4.79 Å². The summed E-state index contributed by atoms with van der Waals surface area (Å²) in [6.45, 7) is 6.01. The fourth-order valence-corrected chi connectivity index (χ4v) is 3.26. The molecule has 4 rings (SSSR count). The Hall–Kier alpha value is -2.86. The van der Waals surface area contributed by atoms with E-state index in [0.717, 1.165) is 43.2 Å². The number of rotatable bonds is 3. The average Bonchev–Trinajstić information content (AvgIpc) is 3.07. The number of hydrogen-bond acceptors (Lipinski definition) is 4. The quantitative estimate of drug-likeness (QED) is 0.790. The molecule has 3 aromatic heterocycles. The third-order valence-electron chi connectivity index (χ3n) is 4.89. The number of anilines is 2. The van der Waals surface area contributed by atoms with E-state index < -0.39 is 0 Å². The lowest BCUT2D eigenvalue weighted by Crippen LogP contribution is -2.44. The van der Waals surface area contributed by atoms with Crippen molar-refractivity contribution in [1.29, 1.82) is 0 Å². The number of amides is 1. The number of fused-ring (bicyclic) bond motifs is 1. The van der Waals surface area contributed by atoms with Crippen LogP contribution >= 0.6 is 0 Å². The number of nitrogens with one attached hydrogen (secondary N) is 1. The van der Waals surface area contributed by atoms with Crippen molar-refractivity contribution in [1.82, 2.24) is 14.3 Å². The maximum absolute atomic E-state index is 12.6. The van der Waals surface area contributed by atoms with Crippen LogP contribution < -0.4 is 10.2 Å². The smallest absolute Gasteiger partial charge is 0.257 e. The minimum atomic E-state index is -0.129. The van der Waals surface area contributed by atoms with Crippen LogP contribution in [0.25, 0.3) is 5.52 Å². The van der Waals surface area contributed by atoms with Crippen molar-refractivity contribution in [3.8, 4) is 0 Å². The summed E-state index contributed by atoms with van der Waals surface area (Å²) < 4.78 is 2.10. The molecule has 0 radical (unpaired) electrons. The van der Waals surface area contributed by atoms with Gasteiger partial charge < -0.3 is 19.5 Å². The number of hydrogen-bond donors (Lipinski definition) is 1. The zero-order valence-electron chi connectivity index (χ0n) is 15.1. The monoisotopic (exact) mass is 349 g/mol. The van der Waals surface area contributed by atoms with E-state index in [1.54, 1.807) is 6.20 Å². The highest BCUT2D eigenvalue weighted by Gasteiger charge is 2.17. The molecule has 0 spiro atoms. The number of aromatic nitrogens is 2.